The van der Waals surface area contributed by atoms with Crippen LogP contribution in [0.15, 0.2) is 47.4 Å². The molecule has 1 atom stereocenters. The fourth-order valence-electron chi connectivity index (χ4n) is 3.38. The number of nitrogens with zero attached hydrogens (tertiary/aromatic N) is 1. The number of hydrogen-bond acceptors (Lipinski definition) is 4. The summed E-state index contributed by atoms with van der Waals surface area (Å²) in [7, 11) is -3.85. The fourth-order valence-corrected chi connectivity index (χ4v) is 4.72. The Kier molecular flexibility index (Phi) is 5.38. The molecule has 138 valence electrons. The normalized spacial score (nSPS) is 15.3. The molecular weight excluding hydrogens is 352 g/mol. The maximum atomic E-state index is 12.7. The van der Waals surface area contributed by atoms with E-state index in [9.17, 15) is 18.5 Å². The standard InChI is InChI=1S/C19H22N2O4S/c1-2-19(16-11-10-14-6-3-4-7-15(14)12-16)20-26(24,25)18-9-5-8-17(13-18)21(22)23/h5,8-13,19-20H,2-4,6-7H2,1H3/t19-/m0/s1. The number of sulfonamides is 1. The summed E-state index contributed by atoms with van der Waals surface area (Å²) in [4.78, 5) is 10.2. The molecule has 0 heterocycles. The molecule has 0 saturated carbocycles. The molecule has 0 aromatic heterocycles. The van der Waals surface area contributed by atoms with Crippen molar-refractivity contribution in [3.63, 3.8) is 0 Å². The number of nitro benzene ring substituents is 1. The molecule has 1 N–H and O–H groups in total. The molecule has 0 unspecified atom stereocenters. The first kappa shape index (κ1) is 18.5. The van der Waals surface area contributed by atoms with Crippen LogP contribution in [0.2, 0.25) is 0 Å². The summed E-state index contributed by atoms with van der Waals surface area (Å²) in [6, 6.07) is 10.9. The third-order valence-electron chi connectivity index (χ3n) is 4.82. The van der Waals surface area contributed by atoms with Gasteiger partial charge in [0.1, 0.15) is 0 Å². The summed E-state index contributed by atoms with van der Waals surface area (Å²) in [5.74, 6) is 0. The lowest BCUT2D eigenvalue weighted by Crippen LogP contribution is -2.28. The largest absolute Gasteiger partial charge is 0.270 e. The summed E-state index contributed by atoms with van der Waals surface area (Å²) in [6.45, 7) is 1.92. The molecule has 7 heteroatoms. The molecule has 26 heavy (non-hydrogen) atoms. The Morgan fingerprint density at radius 1 is 1.12 bits per heavy atom. The quantitative estimate of drug-likeness (QED) is 0.613. The van der Waals surface area contributed by atoms with Crippen LogP contribution in [0.1, 0.15) is 48.9 Å². The first-order valence-corrected chi connectivity index (χ1v) is 10.3. The highest BCUT2D eigenvalue weighted by Crippen LogP contribution is 2.27. The fraction of sp³-hybridized carbons (Fsp3) is 0.368. The van der Waals surface area contributed by atoms with Crippen LogP contribution in [0.4, 0.5) is 5.69 Å². The van der Waals surface area contributed by atoms with Crippen molar-refractivity contribution >= 4 is 15.7 Å². The summed E-state index contributed by atoms with van der Waals surface area (Å²) in [6.07, 6.45) is 5.05. The van der Waals surface area contributed by atoms with Crippen LogP contribution in [0.3, 0.4) is 0 Å². The summed E-state index contributed by atoms with van der Waals surface area (Å²) in [5, 5.41) is 10.9. The van der Waals surface area contributed by atoms with E-state index in [2.05, 4.69) is 16.9 Å². The van der Waals surface area contributed by atoms with Crippen molar-refractivity contribution in [3.05, 3.63) is 69.3 Å². The van der Waals surface area contributed by atoms with Crippen LogP contribution in [0.5, 0.6) is 0 Å². The van der Waals surface area contributed by atoms with Gasteiger partial charge in [-0.05, 0) is 54.9 Å². The topological polar surface area (TPSA) is 89.3 Å². The van der Waals surface area contributed by atoms with Gasteiger partial charge >= 0.3 is 0 Å². The van der Waals surface area contributed by atoms with Crippen LogP contribution in [-0.4, -0.2) is 13.3 Å². The van der Waals surface area contributed by atoms with E-state index in [1.54, 1.807) is 0 Å². The van der Waals surface area contributed by atoms with Crippen molar-refractivity contribution in [3.8, 4) is 0 Å². The van der Waals surface area contributed by atoms with E-state index in [1.165, 1.54) is 35.7 Å². The maximum Gasteiger partial charge on any atom is 0.270 e. The Bertz CT molecular complexity index is 925. The molecule has 0 bridgehead atoms. The summed E-state index contributed by atoms with van der Waals surface area (Å²) < 4.78 is 28.1. The lowest BCUT2D eigenvalue weighted by atomic mass is 9.89. The van der Waals surface area contributed by atoms with Gasteiger partial charge < -0.3 is 0 Å². The van der Waals surface area contributed by atoms with E-state index >= 15 is 0 Å². The van der Waals surface area contributed by atoms with E-state index in [0.29, 0.717) is 6.42 Å². The third kappa shape index (κ3) is 3.94. The number of rotatable bonds is 6. The Morgan fingerprint density at radius 2 is 1.85 bits per heavy atom. The number of non-ortho nitro benzene ring substituents is 1. The van der Waals surface area contributed by atoms with E-state index in [-0.39, 0.29) is 16.6 Å². The second kappa shape index (κ2) is 7.55. The molecule has 0 spiro atoms. The average molecular weight is 374 g/mol. The highest BCUT2D eigenvalue weighted by Gasteiger charge is 2.23. The van der Waals surface area contributed by atoms with Crippen molar-refractivity contribution in [1.82, 2.24) is 4.72 Å². The second-order valence-electron chi connectivity index (χ2n) is 6.57. The molecule has 1 aliphatic carbocycles. The second-order valence-corrected chi connectivity index (χ2v) is 8.29. The van der Waals surface area contributed by atoms with Crippen molar-refractivity contribution in [2.45, 2.75) is 50.0 Å². The zero-order valence-corrected chi connectivity index (χ0v) is 15.5. The van der Waals surface area contributed by atoms with Gasteiger partial charge in [-0.2, -0.15) is 0 Å². The van der Waals surface area contributed by atoms with Gasteiger partial charge in [0.2, 0.25) is 10.0 Å². The van der Waals surface area contributed by atoms with Gasteiger partial charge in [0.25, 0.3) is 5.69 Å². The van der Waals surface area contributed by atoms with Crippen LogP contribution >= 0.6 is 0 Å². The molecule has 6 nitrogen and oxygen atoms in total. The smallest absolute Gasteiger partial charge is 0.258 e. The first-order valence-electron chi connectivity index (χ1n) is 8.79. The Morgan fingerprint density at radius 3 is 2.54 bits per heavy atom. The van der Waals surface area contributed by atoms with Gasteiger partial charge in [-0.15, -0.1) is 0 Å². The predicted molar refractivity (Wildman–Crippen MR) is 99.5 cm³/mol. The minimum atomic E-state index is -3.85. The van der Waals surface area contributed by atoms with Gasteiger partial charge in [-0.3, -0.25) is 10.1 Å². The van der Waals surface area contributed by atoms with Gasteiger partial charge in [-0.1, -0.05) is 31.2 Å². The average Bonchev–Trinajstić information content (AvgIpc) is 2.66. The predicted octanol–water partition coefficient (Wildman–Crippen LogP) is 3.90. The zero-order chi connectivity index (χ0) is 18.7. The van der Waals surface area contributed by atoms with E-state index < -0.39 is 14.9 Å². The van der Waals surface area contributed by atoms with E-state index in [4.69, 9.17) is 0 Å². The van der Waals surface area contributed by atoms with E-state index in [1.807, 2.05) is 13.0 Å². The highest BCUT2D eigenvalue weighted by atomic mass is 32.2. The van der Waals surface area contributed by atoms with Crippen LogP contribution in [0, 0.1) is 10.1 Å². The lowest BCUT2D eigenvalue weighted by molar-refractivity contribution is -0.385. The minimum Gasteiger partial charge on any atom is -0.258 e. The van der Waals surface area contributed by atoms with E-state index in [0.717, 1.165) is 30.9 Å². The number of hydrogen-bond donors (Lipinski definition) is 1. The lowest BCUT2D eigenvalue weighted by Gasteiger charge is -2.21. The Labute approximate surface area is 153 Å². The maximum absolute atomic E-state index is 12.7. The summed E-state index contributed by atoms with van der Waals surface area (Å²) >= 11 is 0. The number of nitro groups is 1. The molecule has 3 rings (SSSR count). The molecule has 0 fully saturated rings. The van der Waals surface area contributed by atoms with Gasteiger partial charge in [0.05, 0.1) is 9.82 Å². The monoisotopic (exact) mass is 374 g/mol. The molecule has 0 aliphatic heterocycles. The van der Waals surface area contributed by atoms with Crippen molar-refractivity contribution in [2.24, 2.45) is 0 Å². The number of fused-ring (bicyclic) bond motifs is 1. The third-order valence-corrected chi connectivity index (χ3v) is 6.29. The highest BCUT2D eigenvalue weighted by molar-refractivity contribution is 7.89. The Balaban J connectivity index is 1.87. The van der Waals surface area contributed by atoms with Gasteiger partial charge in [-0.25, -0.2) is 13.1 Å². The molecule has 0 amide bonds. The van der Waals surface area contributed by atoms with Gasteiger partial charge in [0, 0.05) is 18.2 Å². The van der Waals surface area contributed by atoms with Crippen LogP contribution < -0.4 is 4.72 Å². The molecule has 1 aliphatic rings. The first-order chi connectivity index (χ1) is 12.4. The van der Waals surface area contributed by atoms with Crippen molar-refractivity contribution in [1.29, 1.82) is 0 Å². The molecule has 0 radical (unpaired) electrons. The zero-order valence-electron chi connectivity index (χ0n) is 14.6. The molecule has 0 saturated heterocycles. The summed E-state index contributed by atoms with van der Waals surface area (Å²) in [5.41, 5.74) is 3.33. The number of benzene rings is 2. The Hall–Kier alpha value is -2.25. The van der Waals surface area contributed by atoms with Gasteiger partial charge in [0.15, 0.2) is 0 Å². The SMILES string of the molecule is CC[C@H](NS(=O)(=O)c1cccc([N+](=O)[O-])c1)c1ccc2c(c1)CCCC2. The van der Waals surface area contributed by atoms with Crippen molar-refractivity contribution < 1.29 is 13.3 Å². The number of aryl methyl sites for hydroxylation is 2. The molecule has 2 aromatic carbocycles. The van der Waals surface area contributed by atoms with Crippen LogP contribution in [0.25, 0.3) is 0 Å². The number of nitrogens with one attached hydrogen (secondary N) is 1. The van der Waals surface area contributed by atoms with Crippen molar-refractivity contribution in [2.75, 3.05) is 0 Å². The molecule has 2 aromatic rings. The minimum absolute atomic E-state index is 0.0943. The van der Waals surface area contributed by atoms with Crippen LogP contribution in [-0.2, 0) is 22.9 Å². The molecular formula is C19H22N2O4S.